The summed E-state index contributed by atoms with van der Waals surface area (Å²) in [6.07, 6.45) is 4.33. The maximum absolute atomic E-state index is 12.2. The van der Waals surface area contributed by atoms with Crippen molar-refractivity contribution in [3.8, 4) is 0 Å². The van der Waals surface area contributed by atoms with Crippen molar-refractivity contribution in [2.45, 2.75) is 13.0 Å². The summed E-state index contributed by atoms with van der Waals surface area (Å²) < 4.78 is 0. The molecule has 2 aromatic rings. The molecule has 0 fully saturated rings. The Morgan fingerprint density at radius 3 is 2.63 bits per heavy atom. The summed E-state index contributed by atoms with van der Waals surface area (Å²) in [5.41, 5.74) is 8.32. The number of benzene rings is 1. The Morgan fingerprint density at radius 1 is 1.32 bits per heavy atom. The molecule has 0 aliphatic heterocycles. The minimum Gasteiger partial charge on any atom is -0.337 e. The average Bonchev–Trinajstić information content (AvgIpc) is 2.92. The van der Waals surface area contributed by atoms with Crippen LogP contribution in [-0.4, -0.2) is 34.6 Å². The normalized spacial score (nSPS) is 10.4. The van der Waals surface area contributed by atoms with Crippen LogP contribution in [0.5, 0.6) is 0 Å². The molecule has 1 aromatic heterocycles. The fraction of sp³-hybridized carbons (Fsp3) is 0.286. The molecule has 0 bridgehead atoms. The molecule has 5 heteroatoms. The number of nitrogens with one attached hydrogen (secondary N) is 1. The molecule has 1 heterocycles. The maximum Gasteiger partial charge on any atom is 0.253 e. The van der Waals surface area contributed by atoms with Gasteiger partial charge in [-0.25, -0.2) is 0 Å². The minimum atomic E-state index is 0.000462. The second-order valence-electron chi connectivity index (χ2n) is 4.50. The van der Waals surface area contributed by atoms with Crippen LogP contribution in [0.25, 0.3) is 0 Å². The number of nitrogens with two attached hydrogens (primary N) is 1. The van der Waals surface area contributed by atoms with E-state index in [1.807, 2.05) is 24.3 Å². The van der Waals surface area contributed by atoms with Gasteiger partial charge in [0.15, 0.2) is 0 Å². The molecule has 0 aliphatic rings. The standard InChI is InChI=1S/C14H18N4O/c1-18(10-12-8-16-17-9-12)14(19)13-4-2-11(3-5-13)6-7-15/h2-5,8-9H,6-7,10,15H2,1H3,(H,16,17). The number of hydrogen-bond donors (Lipinski definition) is 2. The van der Waals surface area contributed by atoms with Gasteiger partial charge in [0.25, 0.3) is 5.91 Å². The van der Waals surface area contributed by atoms with Gasteiger partial charge in [-0.05, 0) is 30.7 Å². The summed E-state index contributed by atoms with van der Waals surface area (Å²) in [5.74, 6) is 0.000462. The zero-order valence-corrected chi connectivity index (χ0v) is 11.0. The van der Waals surface area contributed by atoms with Gasteiger partial charge < -0.3 is 10.6 Å². The van der Waals surface area contributed by atoms with E-state index in [0.717, 1.165) is 17.5 Å². The van der Waals surface area contributed by atoms with E-state index in [9.17, 15) is 4.79 Å². The lowest BCUT2D eigenvalue weighted by Gasteiger charge is -2.16. The van der Waals surface area contributed by atoms with Crippen molar-refractivity contribution < 1.29 is 4.79 Å². The largest absolute Gasteiger partial charge is 0.337 e. The summed E-state index contributed by atoms with van der Waals surface area (Å²) >= 11 is 0. The fourth-order valence-electron chi connectivity index (χ4n) is 1.91. The lowest BCUT2D eigenvalue weighted by Crippen LogP contribution is -2.26. The number of hydrogen-bond acceptors (Lipinski definition) is 3. The second kappa shape index (κ2) is 6.15. The topological polar surface area (TPSA) is 75.0 Å². The first-order chi connectivity index (χ1) is 9.20. The van der Waals surface area contributed by atoms with Crippen LogP contribution in [0.1, 0.15) is 21.5 Å². The van der Waals surface area contributed by atoms with Gasteiger partial charge >= 0.3 is 0 Å². The molecule has 0 spiro atoms. The predicted molar refractivity (Wildman–Crippen MR) is 73.6 cm³/mol. The number of carbonyl (C=O) groups is 1. The van der Waals surface area contributed by atoms with E-state index < -0.39 is 0 Å². The van der Waals surface area contributed by atoms with Crippen molar-refractivity contribution >= 4 is 5.91 Å². The third-order valence-corrected chi connectivity index (χ3v) is 2.96. The van der Waals surface area contributed by atoms with Gasteiger partial charge in [-0.15, -0.1) is 0 Å². The molecular formula is C14H18N4O. The smallest absolute Gasteiger partial charge is 0.253 e. The third-order valence-electron chi connectivity index (χ3n) is 2.96. The van der Waals surface area contributed by atoms with Crippen LogP contribution < -0.4 is 5.73 Å². The number of aromatic nitrogens is 2. The van der Waals surface area contributed by atoms with Crippen LogP contribution in [0.2, 0.25) is 0 Å². The lowest BCUT2D eigenvalue weighted by atomic mass is 10.1. The maximum atomic E-state index is 12.2. The average molecular weight is 258 g/mol. The zero-order chi connectivity index (χ0) is 13.7. The van der Waals surface area contributed by atoms with Crippen molar-refractivity contribution in [1.82, 2.24) is 15.1 Å². The van der Waals surface area contributed by atoms with E-state index in [-0.39, 0.29) is 5.91 Å². The second-order valence-corrected chi connectivity index (χ2v) is 4.50. The summed E-state index contributed by atoms with van der Waals surface area (Å²) in [6.45, 7) is 1.16. The van der Waals surface area contributed by atoms with E-state index in [4.69, 9.17) is 5.73 Å². The monoisotopic (exact) mass is 258 g/mol. The first-order valence-electron chi connectivity index (χ1n) is 6.23. The molecule has 5 nitrogen and oxygen atoms in total. The van der Waals surface area contributed by atoms with Crippen molar-refractivity contribution in [3.05, 3.63) is 53.3 Å². The van der Waals surface area contributed by atoms with Crippen LogP contribution in [0.4, 0.5) is 0 Å². The number of H-pyrrole nitrogens is 1. The van der Waals surface area contributed by atoms with Crippen LogP contribution in [0.3, 0.4) is 0 Å². The number of carbonyl (C=O) groups excluding carboxylic acids is 1. The summed E-state index contributed by atoms with van der Waals surface area (Å²) in [5, 5.41) is 6.60. The van der Waals surface area contributed by atoms with Gasteiger partial charge in [-0.3, -0.25) is 9.89 Å². The number of rotatable bonds is 5. The summed E-state index contributed by atoms with van der Waals surface area (Å²) in [6, 6.07) is 7.59. The van der Waals surface area contributed by atoms with Crippen LogP contribution in [0.15, 0.2) is 36.7 Å². The zero-order valence-electron chi connectivity index (χ0n) is 11.0. The highest BCUT2D eigenvalue weighted by Gasteiger charge is 2.12. The predicted octanol–water partition coefficient (Wildman–Crippen LogP) is 1.18. The Bertz CT molecular complexity index is 519. The van der Waals surface area contributed by atoms with Gasteiger partial charge in [0.05, 0.1) is 6.20 Å². The van der Waals surface area contributed by atoms with Gasteiger partial charge in [-0.1, -0.05) is 12.1 Å². The molecule has 2 rings (SSSR count). The quantitative estimate of drug-likeness (QED) is 0.845. The highest BCUT2D eigenvalue weighted by atomic mass is 16.2. The summed E-state index contributed by atoms with van der Waals surface area (Å²) in [4.78, 5) is 13.9. The van der Waals surface area contributed by atoms with E-state index in [2.05, 4.69) is 10.2 Å². The first kappa shape index (κ1) is 13.3. The van der Waals surface area contributed by atoms with Crippen molar-refractivity contribution in [3.63, 3.8) is 0 Å². The van der Waals surface area contributed by atoms with Crippen molar-refractivity contribution in [2.75, 3.05) is 13.6 Å². The van der Waals surface area contributed by atoms with Crippen molar-refractivity contribution in [1.29, 1.82) is 0 Å². The highest BCUT2D eigenvalue weighted by molar-refractivity contribution is 5.94. The molecule has 19 heavy (non-hydrogen) atoms. The lowest BCUT2D eigenvalue weighted by molar-refractivity contribution is 0.0785. The molecule has 3 N–H and O–H groups in total. The first-order valence-corrected chi connectivity index (χ1v) is 6.23. The Balaban J connectivity index is 2.02. The Hall–Kier alpha value is -2.14. The molecule has 1 aromatic carbocycles. The molecule has 0 radical (unpaired) electrons. The van der Waals surface area contributed by atoms with E-state index in [1.54, 1.807) is 24.3 Å². The number of nitrogens with zero attached hydrogens (tertiary/aromatic N) is 2. The van der Waals surface area contributed by atoms with E-state index in [1.165, 1.54) is 0 Å². The Labute approximate surface area is 112 Å². The molecule has 0 unspecified atom stereocenters. The van der Waals surface area contributed by atoms with Gasteiger partial charge in [0, 0.05) is 30.9 Å². The van der Waals surface area contributed by atoms with Gasteiger partial charge in [0.1, 0.15) is 0 Å². The molecular weight excluding hydrogens is 240 g/mol. The molecule has 0 saturated heterocycles. The number of aromatic amines is 1. The fourth-order valence-corrected chi connectivity index (χ4v) is 1.91. The van der Waals surface area contributed by atoms with E-state index in [0.29, 0.717) is 18.7 Å². The van der Waals surface area contributed by atoms with E-state index >= 15 is 0 Å². The van der Waals surface area contributed by atoms with Crippen LogP contribution >= 0.6 is 0 Å². The Morgan fingerprint density at radius 2 is 2.05 bits per heavy atom. The molecule has 0 saturated carbocycles. The van der Waals surface area contributed by atoms with Gasteiger partial charge in [-0.2, -0.15) is 5.10 Å². The molecule has 0 aliphatic carbocycles. The van der Waals surface area contributed by atoms with Gasteiger partial charge in [0.2, 0.25) is 0 Å². The summed E-state index contributed by atoms with van der Waals surface area (Å²) in [7, 11) is 1.78. The Kier molecular flexibility index (Phi) is 4.30. The highest BCUT2D eigenvalue weighted by Crippen LogP contribution is 2.09. The van der Waals surface area contributed by atoms with Crippen LogP contribution in [0, 0.1) is 0 Å². The number of amides is 1. The molecule has 0 atom stereocenters. The third kappa shape index (κ3) is 3.42. The van der Waals surface area contributed by atoms with Crippen LogP contribution in [-0.2, 0) is 13.0 Å². The SMILES string of the molecule is CN(Cc1cn[nH]c1)C(=O)c1ccc(CCN)cc1. The molecule has 1 amide bonds. The minimum absolute atomic E-state index is 0.000462. The van der Waals surface area contributed by atoms with Crippen molar-refractivity contribution in [2.24, 2.45) is 5.73 Å². The molecule has 100 valence electrons.